The number of benzene rings is 2. The van der Waals surface area contributed by atoms with Gasteiger partial charge in [0.05, 0.1) is 5.56 Å². The van der Waals surface area contributed by atoms with E-state index in [1.165, 1.54) is 12.1 Å². The third-order valence-electron chi connectivity index (χ3n) is 8.45. The molecule has 208 valence electrons. The number of amides is 2. The van der Waals surface area contributed by atoms with Crippen molar-refractivity contribution in [2.45, 2.75) is 50.2 Å². The minimum atomic E-state index is -4.39. The molecular formula is C30H31F3N6O. The van der Waals surface area contributed by atoms with Gasteiger partial charge in [-0.05, 0) is 36.5 Å². The summed E-state index contributed by atoms with van der Waals surface area (Å²) in [4.78, 5) is 26.0. The van der Waals surface area contributed by atoms with Gasteiger partial charge in [0, 0.05) is 56.0 Å². The van der Waals surface area contributed by atoms with Gasteiger partial charge in [-0.15, -0.1) is 0 Å². The number of imidazole rings is 1. The van der Waals surface area contributed by atoms with Gasteiger partial charge in [0.1, 0.15) is 22.9 Å². The average molecular weight is 549 g/mol. The third-order valence-corrected chi connectivity index (χ3v) is 8.45. The van der Waals surface area contributed by atoms with Crippen LogP contribution >= 0.6 is 0 Å². The monoisotopic (exact) mass is 548 g/mol. The summed E-state index contributed by atoms with van der Waals surface area (Å²) < 4.78 is 41.7. The molecule has 6 rings (SSSR count). The summed E-state index contributed by atoms with van der Waals surface area (Å²) in [5, 5.41) is 0. The molecule has 2 aliphatic heterocycles. The number of alkyl halides is 3. The predicted octanol–water partition coefficient (Wildman–Crippen LogP) is 6.15. The van der Waals surface area contributed by atoms with Crippen molar-refractivity contribution in [3.63, 3.8) is 0 Å². The number of hydrogen-bond donors (Lipinski definition) is 1. The second kappa shape index (κ2) is 9.83. The van der Waals surface area contributed by atoms with Gasteiger partial charge in [-0.25, -0.2) is 14.8 Å². The lowest BCUT2D eigenvalue weighted by Crippen LogP contribution is -2.56. The van der Waals surface area contributed by atoms with Gasteiger partial charge in [0.15, 0.2) is 0 Å². The number of halogens is 3. The quantitative estimate of drug-likeness (QED) is 0.332. The molecule has 0 spiro atoms. The molecule has 2 aliphatic rings. The minimum Gasteiger partial charge on any atom is -0.382 e. The van der Waals surface area contributed by atoms with E-state index in [0.29, 0.717) is 29.1 Å². The Hall–Kier alpha value is -4.08. The van der Waals surface area contributed by atoms with Gasteiger partial charge in [0.2, 0.25) is 0 Å². The van der Waals surface area contributed by atoms with Crippen LogP contribution in [0.5, 0.6) is 0 Å². The third kappa shape index (κ3) is 4.55. The molecule has 4 aromatic rings. The van der Waals surface area contributed by atoms with Gasteiger partial charge in [-0.2, -0.15) is 13.2 Å². The number of piperidine rings is 1. The highest BCUT2D eigenvalue weighted by atomic mass is 19.4. The van der Waals surface area contributed by atoms with Gasteiger partial charge < -0.3 is 15.5 Å². The number of carbonyl (C=O) groups is 1. The first kappa shape index (κ1) is 26.2. The molecule has 0 unspecified atom stereocenters. The molecule has 2 aromatic heterocycles. The number of nitrogens with zero attached hydrogens (tertiary/aromatic N) is 5. The SMILES string of the molecule is C[C@@H](c1ccc(-c2nc([C@H]3CC[C@@H]4CCN(C)C(=O)N4C3)n3ccnc(N)c23)cc1)c1cccc(C(F)(F)F)c1. The summed E-state index contributed by atoms with van der Waals surface area (Å²) in [5.41, 5.74) is 9.43. The van der Waals surface area contributed by atoms with Crippen molar-refractivity contribution >= 4 is 17.4 Å². The summed E-state index contributed by atoms with van der Waals surface area (Å²) in [6.45, 7) is 3.28. The number of hydrogen-bond acceptors (Lipinski definition) is 4. The molecule has 7 nitrogen and oxygen atoms in total. The smallest absolute Gasteiger partial charge is 0.382 e. The van der Waals surface area contributed by atoms with E-state index in [9.17, 15) is 18.0 Å². The van der Waals surface area contributed by atoms with Gasteiger partial charge in [-0.1, -0.05) is 49.4 Å². The zero-order valence-corrected chi connectivity index (χ0v) is 22.4. The minimum absolute atomic E-state index is 0.0509. The lowest BCUT2D eigenvalue weighted by atomic mass is 9.89. The van der Waals surface area contributed by atoms with Gasteiger partial charge in [0.25, 0.3) is 0 Å². The number of aromatic nitrogens is 3. The van der Waals surface area contributed by atoms with E-state index < -0.39 is 11.7 Å². The molecular weight excluding hydrogens is 517 g/mol. The molecule has 4 heterocycles. The lowest BCUT2D eigenvalue weighted by molar-refractivity contribution is -0.137. The Morgan fingerprint density at radius 3 is 2.58 bits per heavy atom. The van der Waals surface area contributed by atoms with E-state index in [1.807, 2.05) is 53.7 Å². The van der Waals surface area contributed by atoms with E-state index in [2.05, 4.69) is 4.98 Å². The lowest BCUT2D eigenvalue weighted by Gasteiger charge is -2.45. The molecule has 0 saturated carbocycles. The van der Waals surface area contributed by atoms with Crippen molar-refractivity contribution in [1.82, 2.24) is 24.2 Å². The number of nitrogen functional groups attached to an aromatic ring is 1. The second-order valence-corrected chi connectivity index (χ2v) is 10.9. The summed E-state index contributed by atoms with van der Waals surface area (Å²) in [6, 6.07) is 13.5. The van der Waals surface area contributed by atoms with Crippen LogP contribution in [0.2, 0.25) is 0 Å². The molecule has 40 heavy (non-hydrogen) atoms. The average Bonchev–Trinajstić information content (AvgIpc) is 3.35. The highest BCUT2D eigenvalue weighted by Gasteiger charge is 2.38. The molecule has 2 aromatic carbocycles. The molecule has 0 radical (unpaired) electrons. The van der Waals surface area contributed by atoms with E-state index in [-0.39, 0.29) is 23.9 Å². The van der Waals surface area contributed by atoms with Crippen molar-refractivity contribution in [3.05, 3.63) is 83.4 Å². The van der Waals surface area contributed by atoms with Crippen LogP contribution in [-0.4, -0.2) is 56.4 Å². The number of anilines is 1. The number of fused-ring (bicyclic) bond motifs is 2. The number of urea groups is 1. The first-order valence-corrected chi connectivity index (χ1v) is 13.5. The van der Waals surface area contributed by atoms with E-state index in [1.54, 1.807) is 17.2 Å². The van der Waals surface area contributed by atoms with Gasteiger partial charge >= 0.3 is 12.2 Å². The zero-order valence-electron chi connectivity index (χ0n) is 22.4. The van der Waals surface area contributed by atoms with Crippen LogP contribution < -0.4 is 5.73 Å². The number of nitrogens with two attached hydrogens (primary N) is 1. The summed E-state index contributed by atoms with van der Waals surface area (Å²) in [6.07, 6.45) is 1.96. The summed E-state index contributed by atoms with van der Waals surface area (Å²) in [7, 11) is 1.84. The van der Waals surface area contributed by atoms with Gasteiger partial charge in [-0.3, -0.25) is 4.40 Å². The van der Waals surface area contributed by atoms with Crippen LogP contribution in [0.3, 0.4) is 0 Å². The van der Waals surface area contributed by atoms with E-state index >= 15 is 0 Å². The van der Waals surface area contributed by atoms with Crippen LogP contribution in [0.25, 0.3) is 16.8 Å². The van der Waals surface area contributed by atoms with Crippen molar-refractivity contribution in [2.75, 3.05) is 25.9 Å². The molecule has 2 N–H and O–H groups in total. The van der Waals surface area contributed by atoms with Crippen molar-refractivity contribution in [1.29, 1.82) is 0 Å². The fourth-order valence-corrected chi connectivity index (χ4v) is 6.11. The Bertz CT molecular complexity index is 1560. The Kier molecular flexibility index (Phi) is 6.43. The molecule has 2 fully saturated rings. The molecule has 3 atom stereocenters. The molecule has 2 saturated heterocycles. The first-order valence-electron chi connectivity index (χ1n) is 13.5. The summed E-state index contributed by atoms with van der Waals surface area (Å²) >= 11 is 0. The van der Waals surface area contributed by atoms with Crippen LogP contribution in [0.4, 0.5) is 23.8 Å². The van der Waals surface area contributed by atoms with Crippen LogP contribution in [0, 0.1) is 0 Å². The largest absolute Gasteiger partial charge is 0.416 e. The molecule has 10 heteroatoms. The molecule has 2 amide bonds. The fourth-order valence-electron chi connectivity index (χ4n) is 6.11. The zero-order chi connectivity index (χ0) is 28.2. The van der Waals surface area contributed by atoms with Crippen LogP contribution in [-0.2, 0) is 6.18 Å². The van der Waals surface area contributed by atoms with Crippen LogP contribution in [0.1, 0.15) is 60.5 Å². The standard InChI is InChI=1S/C30H31F3N6O/c1-18(21-4-3-5-23(16-21)30(31,32)33)19-6-8-20(9-7-19)25-26-27(34)35-13-15-38(26)28(36-25)22-10-11-24-12-14-37(2)29(40)39(24)17-22/h3-9,13,15-16,18,22,24H,10-12,14,17H2,1-2H3,(H2,34,35)/t18-,22-,24+/m0/s1. The van der Waals surface area contributed by atoms with Crippen molar-refractivity contribution in [3.8, 4) is 11.3 Å². The Labute approximate surface area is 230 Å². The van der Waals surface area contributed by atoms with E-state index in [0.717, 1.165) is 48.8 Å². The topological polar surface area (TPSA) is 79.8 Å². The number of carbonyl (C=O) groups excluding carboxylic acids is 1. The maximum absolute atomic E-state index is 13.2. The normalized spacial score (nSPS) is 20.6. The number of rotatable bonds is 4. The first-order chi connectivity index (χ1) is 19.1. The van der Waals surface area contributed by atoms with Crippen LogP contribution in [0.15, 0.2) is 60.9 Å². The fraction of sp³-hybridized carbons (Fsp3) is 0.367. The van der Waals surface area contributed by atoms with Crippen molar-refractivity contribution < 1.29 is 18.0 Å². The maximum Gasteiger partial charge on any atom is 0.416 e. The Morgan fingerprint density at radius 2 is 1.82 bits per heavy atom. The Morgan fingerprint density at radius 1 is 1.05 bits per heavy atom. The second-order valence-electron chi connectivity index (χ2n) is 10.9. The molecule has 0 bridgehead atoms. The maximum atomic E-state index is 13.2. The highest BCUT2D eigenvalue weighted by Crippen LogP contribution is 2.38. The van der Waals surface area contributed by atoms with E-state index in [4.69, 9.17) is 10.7 Å². The summed E-state index contributed by atoms with van der Waals surface area (Å²) in [5.74, 6) is 1.03. The van der Waals surface area contributed by atoms with Crippen molar-refractivity contribution in [2.24, 2.45) is 0 Å². The highest BCUT2D eigenvalue weighted by molar-refractivity contribution is 5.85. The predicted molar refractivity (Wildman–Crippen MR) is 147 cm³/mol. The molecule has 0 aliphatic carbocycles. The Balaban J connectivity index is 1.32.